The fraction of sp³-hybridized carbons (Fsp3) is 0.0357. The molecule has 0 aromatic heterocycles. The molecule has 0 N–H and O–H groups in total. The molecule has 0 saturated heterocycles. The number of para-hydroxylation sites is 2. The predicted octanol–water partition coefficient (Wildman–Crippen LogP) is 15.2. The maximum absolute atomic E-state index is 2.56. The van der Waals surface area contributed by atoms with Crippen LogP contribution in [0.15, 0.2) is 243 Å². The third-order valence-corrected chi connectivity index (χ3v) is 11.6. The van der Waals surface area contributed by atoms with Crippen LogP contribution >= 0.6 is 0 Å². The van der Waals surface area contributed by atoms with Gasteiger partial charge in [-0.25, -0.2) is 0 Å². The lowest BCUT2D eigenvalue weighted by Gasteiger charge is -2.45. The number of hydrogen-bond donors (Lipinski definition) is 0. The molecule has 2 heteroatoms. The van der Waals surface area contributed by atoms with Crippen LogP contribution in [0, 0.1) is 0 Å². The maximum Gasteiger partial charge on any atom is 0.0924 e. The third-order valence-electron chi connectivity index (χ3n) is 11.6. The van der Waals surface area contributed by atoms with Crippen molar-refractivity contribution in [2.45, 2.75) is 12.0 Å². The highest BCUT2D eigenvalue weighted by molar-refractivity contribution is 5.99. The second-order valence-corrected chi connectivity index (χ2v) is 14.9. The quantitative estimate of drug-likeness (QED) is 0.145. The van der Waals surface area contributed by atoms with E-state index in [1.807, 2.05) is 0 Å². The molecule has 2 nitrogen and oxygen atoms in total. The van der Waals surface area contributed by atoms with Crippen LogP contribution in [0.1, 0.15) is 17.5 Å². The molecule has 276 valence electrons. The van der Waals surface area contributed by atoms with Gasteiger partial charge in [-0.15, -0.1) is 0 Å². The van der Waals surface area contributed by atoms with Crippen molar-refractivity contribution < 1.29 is 0 Å². The van der Waals surface area contributed by atoms with Gasteiger partial charge in [-0.2, -0.15) is 0 Å². The van der Waals surface area contributed by atoms with E-state index in [1.165, 1.54) is 55.1 Å². The molecule has 0 heterocycles. The van der Waals surface area contributed by atoms with Gasteiger partial charge in [0.25, 0.3) is 0 Å². The monoisotopic (exact) mass is 742 g/mol. The summed E-state index contributed by atoms with van der Waals surface area (Å²) in [6, 6.07) is 81.0. The van der Waals surface area contributed by atoms with E-state index in [1.54, 1.807) is 0 Å². The zero-order valence-corrected chi connectivity index (χ0v) is 32.2. The van der Waals surface area contributed by atoms with Crippen LogP contribution in [0.5, 0.6) is 0 Å². The fourth-order valence-electron chi connectivity index (χ4n) is 8.71. The number of nitrogens with zero attached hydrogens (tertiary/aromatic N) is 2. The van der Waals surface area contributed by atoms with E-state index in [0.717, 1.165) is 29.2 Å². The van der Waals surface area contributed by atoms with Crippen molar-refractivity contribution in [3.63, 3.8) is 0 Å². The van der Waals surface area contributed by atoms with E-state index in [-0.39, 0.29) is 0 Å². The number of hydrogen-bond acceptors (Lipinski definition) is 2. The molecule has 1 atom stereocenters. The average molecular weight is 743 g/mol. The summed E-state index contributed by atoms with van der Waals surface area (Å²) in [6.45, 7) is 0. The minimum absolute atomic E-state index is 0.511. The van der Waals surface area contributed by atoms with E-state index in [2.05, 4.69) is 252 Å². The molecule has 0 saturated carbocycles. The van der Waals surface area contributed by atoms with Crippen LogP contribution in [-0.2, 0) is 5.54 Å². The van der Waals surface area contributed by atoms with Gasteiger partial charge in [0, 0.05) is 27.8 Å². The molecular formula is C56H42N2. The predicted molar refractivity (Wildman–Crippen MR) is 246 cm³/mol. The molecule has 58 heavy (non-hydrogen) atoms. The fourth-order valence-corrected chi connectivity index (χ4v) is 8.71. The minimum atomic E-state index is -0.511. The zero-order chi connectivity index (χ0) is 38.7. The second kappa shape index (κ2) is 15.3. The van der Waals surface area contributed by atoms with Crippen molar-refractivity contribution in [2.75, 3.05) is 9.80 Å². The summed E-state index contributed by atoms with van der Waals surface area (Å²) in [6.07, 6.45) is 7.98. The summed E-state index contributed by atoms with van der Waals surface area (Å²) in [5.74, 6) is 0. The zero-order valence-electron chi connectivity index (χ0n) is 32.2. The van der Waals surface area contributed by atoms with E-state index in [9.17, 15) is 0 Å². The summed E-state index contributed by atoms with van der Waals surface area (Å²) in [5.41, 5.74) is 11.3. The van der Waals surface area contributed by atoms with Crippen LogP contribution < -0.4 is 9.80 Å². The molecule has 1 aliphatic carbocycles. The summed E-state index contributed by atoms with van der Waals surface area (Å²) < 4.78 is 0. The van der Waals surface area contributed by atoms with Gasteiger partial charge in [0.15, 0.2) is 0 Å². The Morgan fingerprint density at radius 2 is 0.845 bits per heavy atom. The molecule has 0 amide bonds. The van der Waals surface area contributed by atoms with Crippen LogP contribution in [0.3, 0.4) is 0 Å². The number of fused-ring (bicyclic) bond motifs is 2. The first-order chi connectivity index (χ1) is 28.7. The Labute approximate surface area is 340 Å². The van der Waals surface area contributed by atoms with E-state index >= 15 is 0 Å². The van der Waals surface area contributed by atoms with Crippen molar-refractivity contribution in [1.82, 2.24) is 0 Å². The SMILES string of the molecule is C1=CC(c2ccc(-c3ccccc3)cc2)(N(c2ccccc2)c2cccc3ccccc23)CC=C1c1ccc(N(c2ccccc2)c2cccc3ccccc23)cc1. The third kappa shape index (κ3) is 6.45. The van der Waals surface area contributed by atoms with Crippen molar-refractivity contribution in [1.29, 1.82) is 0 Å². The first kappa shape index (κ1) is 35.0. The number of rotatable bonds is 9. The second-order valence-electron chi connectivity index (χ2n) is 14.9. The van der Waals surface area contributed by atoms with Crippen LogP contribution in [0.2, 0.25) is 0 Å². The number of benzene rings is 9. The molecule has 0 radical (unpaired) electrons. The number of allylic oxidation sites excluding steroid dienone is 2. The molecule has 10 rings (SSSR count). The van der Waals surface area contributed by atoms with E-state index in [0.29, 0.717) is 0 Å². The molecule has 1 unspecified atom stereocenters. The standard InChI is InChI=1S/C56H42N2/c1-4-16-42(17-5-1)43-30-34-48(35-31-43)56(58(51-24-8-3-9-25-51)55-29-15-21-47-19-11-13-27-53(47)55)40-38-45(39-41-56)44-32-36-50(37-33-44)57(49-22-6-2-7-23-49)54-28-14-20-46-18-10-12-26-52(46)54/h1-40H,41H2. The van der Waals surface area contributed by atoms with Crippen LogP contribution in [0.25, 0.3) is 38.2 Å². The molecule has 9 aromatic carbocycles. The molecule has 0 aliphatic heterocycles. The molecule has 1 aliphatic rings. The first-order valence-corrected chi connectivity index (χ1v) is 20.1. The van der Waals surface area contributed by atoms with Gasteiger partial charge in [-0.3, -0.25) is 0 Å². The van der Waals surface area contributed by atoms with Crippen LogP contribution in [-0.4, -0.2) is 0 Å². The first-order valence-electron chi connectivity index (χ1n) is 20.1. The molecule has 9 aromatic rings. The Balaban J connectivity index is 1.07. The Bertz CT molecular complexity index is 2890. The topological polar surface area (TPSA) is 6.48 Å². The molecule has 0 spiro atoms. The van der Waals surface area contributed by atoms with Gasteiger partial charge in [-0.1, -0.05) is 194 Å². The largest absolute Gasteiger partial charge is 0.327 e. The van der Waals surface area contributed by atoms with Gasteiger partial charge >= 0.3 is 0 Å². The highest BCUT2D eigenvalue weighted by atomic mass is 15.2. The molecular weight excluding hydrogens is 701 g/mol. The number of anilines is 5. The normalized spacial score (nSPS) is 14.9. The summed E-state index contributed by atoms with van der Waals surface area (Å²) in [4.78, 5) is 4.92. The van der Waals surface area contributed by atoms with Gasteiger partial charge in [-0.05, 0) is 93.6 Å². The average Bonchev–Trinajstić information content (AvgIpc) is 3.31. The lowest BCUT2D eigenvalue weighted by Crippen LogP contribution is -2.42. The Morgan fingerprint density at radius 1 is 0.362 bits per heavy atom. The molecule has 0 fully saturated rings. The summed E-state index contributed by atoms with van der Waals surface area (Å²) in [7, 11) is 0. The van der Waals surface area contributed by atoms with Crippen molar-refractivity contribution >= 4 is 55.6 Å². The Hall–Kier alpha value is -7.42. The lowest BCUT2D eigenvalue weighted by molar-refractivity contribution is 0.549. The van der Waals surface area contributed by atoms with E-state index < -0.39 is 5.54 Å². The summed E-state index contributed by atoms with van der Waals surface area (Å²) >= 11 is 0. The summed E-state index contributed by atoms with van der Waals surface area (Å²) in [5, 5.41) is 4.89. The maximum atomic E-state index is 2.56. The highest BCUT2D eigenvalue weighted by Gasteiger charge is 2.39. The van der Waals surface area contributed by atoms with Crippen molar-refractivity contribution in [3.8, 4) is 11.1 Å². The Kier molecular flexibility index (Phi) is 9.21. The van der Waals surface area contributed by atoms with Gasteiger partial charge in [0.05, 0.1) is 16.9 Å². The minimum Gasteiger partial charge on any atom is -0.327 e. The lowest BCUT2D eigenvalue weighted by atomic mass is 9.78. The van der Waals surface area contributed by atoms with Crippen LogP contribution in [0.4, 0.5) is 28.4 Å². The smallest absolute Gasteiger partial charge is 0.0924 e. The van der Waals surface area contributed by atoms with Gasteiger partial charge in [0.2, 0.25) is 0 Å². The van der Waals surface area contributed by atoms with Gasteiger partial charge < -0.3 is 9.80 Å². The van der Waals surface area contributed by atoms with Crippen molar-refractivity contribution in [3.05, 3.63) is 254 Å². The van der Waals surface area contributed by atoms with Crippen molar-refractivity contribution in [2.24, 2.45) is 0 Å². The van der Waals surface area contributed by atoms with Gasteiger partial charge in [0.1, 0.15) is 0 Å². The Morgan fingerprint density at radius 3 is 1.47 bits per heavy atom. The van der Waals surface area contributed by atoms with E-state index in [4.69, 9.17) is 0 Å². The highest BCUT2D eigenvalue weighted by Crippen LogP contribution is 2.48. The molecule has 0 bridgehead atoms.